The Balaban J connectivity index is 4.24. The maximum atomic E-state index is 12.6. The van der Waals surface area contributed by atoms with Crippen molar-refractivity contribution in [3.8, 4) is 0 Å². The van der Waals surface area contributed by atoms with Crippen molar-refractivity contribution in [1.29, 1.82) is 0 Å². The summed E-state index contributed by atoms with van der Waals surface area (Å²) in [4.78, 5) is 35.0. The summed E-state index contributed by atoms with van der Waals surface area (Å²) in [5.41, 5.74) is 0. The number of phosphoric acid groups is 1. The van der Waals surface area contributed by atoms with E-state index in [1.165, 1.54) is 89.9 Å². The normalized spacial score (nSPS) is 13.6. The topological polar surface area (TPSA) is 120 Å². The molecule has 0 aliphatic heterocycles. The highest BCUT2D eigenvalue weighted by Crippen LogP contribution is 2.43. The van der Waals surface area contributed by atoms with Gasteiger partial charge in [-0.2, -0.15) is 0 Å². The Bertz CT molecular complexity index is 986. The van der Waals surface area contributed by atoms with Crippen molar-refractivity contribution in [2.75, 3.05) is 33.4 Å². The Morgan fingerprint density at radius 3 is 1.52 bits per heavy atom. The molecule has 0 rings (SSSR count). The summed E-state index contributed by atoms with van der Waals surface area (Å²) >= 11 is 0. The molecule has 54 heavy (non-hydrogen) atoms. The third-order valence-electron chi connectivity index (χ3n) is 9.23. The van der Waals surface area contributed by atoms with E-state index in [1.807, 2.05) is 0 Å². The van der Waals surface area contributed by atoms with Crippen LogP contribution in [-0.2, 0) is 32.7 Å². The van der Waals surface area contributed by atoms with Gasteiger partial charge in [-0.25, -0.2) is 4.57 Å². The second-order valence-electron chi connectivity index (χ2n) is 14.5. The van der Waals surface area contributed by atoms with E-state index in [0.717, 1.165) is 70.6 Å². The van der Waals surface area contributed by atoms with Crippen molar-refractivity contribution in [2.45, 2.75) is 200 Å². The molecule has 2 atom stereocenters. The zero-order valence-electron chi connectivity index (χ0n) is 34.9. The number of unbranched alkanes of at least 4 members (excludes halogenated alkanes) is 21. The number of carbonyl (C=O) groups excluding carboxylic acids is 2. The third-order valence-corrected chi connectivity index (χ3v) is 10.2. The van der Waals surface area contributed by atoms with Crippen molar-refractivity contribution in [1.82, 2.24) is 5.32 Å². The highest BCUT2D eigenvalue weighted by Gasteiger charge is 2.26. The molecule has 0 aromatic rings. The van der Waals surface area contributed by atoms with E-state index >= 15 is 0 Å². The minimum Gasteiger partial charge on any atom is -0.462 e. The van der Waals surface area contributed by atoms with E-state index in [4.69, 9.17) is 18.5 Å². The molecule has 9 nitrogen and oxygen atoms in total. The second-order valence-corrected chi connectivity index (χ2v) is 16.0. The lowest BCUT2D eigenvalue weighted by Gasteiger charge is -2.20. The largest absolute Gasteiger partial charge is 0.472 e. The fraction of sp³-hybridized carbons (Fsp3) is 0.818. The molecule has 0 bridgehead atoms. The Labute approximate surface area is 331 Å². The average Bonchev–Trinajstić information content (AvgIpc) is 3.15. The van der Waals surface area contributed by atoms with Crippen LogP contribution in [0.1, 0.15) is 194 Å². The molecule has 0 spiro atoms. The van der Waals surface area contributed by atoms with E-state index in [0.29, 0.717) is 13.0 Å². The van der Waals surface area contributed by atoms with Crippen LogP contribution in [0.4, 0.5) is 0 Å². The first-order valence-electron chi connectivity index (χ1n) is 21.9. The summed E-state index contributed by atoms with van der Waals surface area (Å²) in [7, 11) is -2.65. The van der Waals surface area contributed by atoms with Gasteiger partial charge in [0.2, 0.25) is 0 Å². The number of ether oxygens (including phenoxy) is 2. The second kappa shape index (κ2) is 40.9. The first kappa shape index (κ1) is 52.2. The van der Waals surface area contributed by atoms with Crippen LogP contribution in [0.25, 0.3) is 0 Å². The van der Waals surface area contributed by atoms with Gasteiger partial charge in [0.05, 0.1) is 13.2 Å². The molecule has 2 N–H and O–H groups in total. The van der Waals surface area contributed by atoms with E-state index in [2.05, 4.69) is 55.6 Å². The number of phosphoric ester groups is 1. The lowest BCUT2D eigenvalue weighted by Crippen LogP contribution is -2.29. The van der Waals surface area contributed by atoms with Crippen molar-refractivity contribution in [2.24, 2.45) is 0 Å². The Morgan fingerprint density at radius 2 is 1.00 bits per heavy atom. The molecular weight excluding hydrogens is 701 g/mol. The molecule has 0 aliphatic rings. The molecule has 0 fully saturated rings. The lowest BCUT2D eigenvalue weighted by molar-refractivity contribution is -0.161. The van der Waals surface area contributed by atoms with Gasteiger partial charge in [0.25, 0.3) is 0 Å². The van der Waals surface area contributed by atoms with Gasteiger partial charge in [0, 0.05) is 19.4 Å². The Kier molecular flexibility index (Phi) is 39.5. The van der Waals surface area contributed by atoms with Gasteiger partial charge < -0.3 is 19.7 Å². The van der Waals surface area contributed by atoms with Crippen molar-refractivity contribution in [3.63, 3.8) is 0 Å². The summed E-state index contributed by atoms with van der Waals surface area (Å²) in [6, 6.07) is 0. The number of hydrogen-bond acceptors (Lipinski definition) is 8. The maximum Gasteiger partial charge on any atom is 0.472 e. The first-order chi connectivity index (χ1) is 26.3. The zero-order chi connectivity index (χ0) is 39.6. The zero-order valence-corrected chi connectivity index (χ0v) is 35.8. The third kappa shape index (κ3) is 39.9. The van der Waals surface area contributed by atoms with Gasteiger partial charge in [-0.1, -0.05) is 147 Å². The molecule has 0 aromatic heterocycles. The molecule has 0 saturated heterocycles. The molecule has 0 radical (unpaired) electrons. The highest BCUT2D eigenvalue weighted by atomic mass is 31.2. The van der Waals surface area contributed by atoms with Crippen molar-refractivity contribution in [3.05, 3.63) is 36.5 Å². The smallest absolute Gasteiger partial charge is 0.462 e. The van der Waals surface area contributed by atoms with Crippen LogP contribution in [0.3, 0.4) is 0 Å². The van der Waals surface area contributed by atoms with Gasteiger partial charge in [-0.05, 0) is 77.7 Å². The lowest BCUT2D eigenvalue weighted by atomic mass is 10.1. The molecule has 0 amide bonds. The minimum absolute atomic E-state index is 0.0202. The summed E-state index contributed by atoms with van der Waals surface area (Å²) in [6.07, 6.45) is 43.2. The van der Waals surface area contributed by atoms with E-state index < -0.39 is 26.5 Å². The van der Waals surface area contributed by atoms with Gasteiger partial charge in [-0.15, -0.1) is 0 Å². The summed E-state index contributed by atoms with van der Waals surface area (Å²) < 4.78 is 33.2. The van der Waals surface area contributed by atoms with Crippen LogP contribution >= 0.6 is 7.82 Å². The van der Waals surface area contributed by atoms with Crippen LogP contribution < -0.4 is 5.32 Å². The standard InChI is InChI=1S/C44H82NO8P/c1-4-6-8-10-12-14-16-18-20-21-23-25-27-29-31-33-35-37-44(47)53-42(41-52-54(48,49)51-39-38-45-3)40-50-43(46)36-34-32-30-28-26-24-22-19-17-15-13-11-9-7-5-2/h13,15,18-20,22,42,45H,4-12,14,16-17,21,23-41H2,1-3H3,(H,48,49)/b15-13-,20-18-,22-19-. The Hall–Kier alpha value is -1.77. The number of hydrogen-bond donors (Lipinski definition) is 2. The van der Waals surface area contributed by atoms with Crippen LogP contribution in [0, 0.1) is 0 Å². The van der Waals surface area contributed by atoms with Gasteiger partial charge in [0.1, 0.15) is 6.61 Å². The molecule has 10 heteroatoms. The van der Waals surface area contributed by atoms with E-state index in [9.17, 15) is 19.0 Å². The average molecular weight is 784 g/mol. The van der Waals surface area contributed by atoms with Crippen LogP contribution in [0.5, 0.6) is 0 Å². The maximum absolute atomic E-state index is 12.6. The molecule has 2 unspecified atom stereocenters. The van der Waals surface area contributed by atoms with Gasteiger partial charge >= 0.3 is 19.8 Å². The number of rotatable bonds is 41. The first-order valence-corrected chi connectivity index (χ1v) is 23.4. The Morgan fingerprint density at radius 1 is 0.574 bits per heavy atom. The highest BCUT2D eigenvalue weighted by molar-refractivity contribution is 7.47. The summed E-state index contributed by atoms with van der Waals surface area (Å²) in [5, 5.41) is 2.82. The van der Waals surface area contributed by atoms with Crippen LogP contribution in [0.15, 0.2) is 36.5 Å². The monoisotopic (exact) mass is 784 g/mol. The SMILES string of the molecule is CCCCC/C=C\C/C=C\CCCCCCCC(=O)OCC(COP(=O)(O)OCCNC)OC(=O)CCCCCCCCC/C=C\CCCCCCCC. The van der Waals surface area contributed by atoms with Gasteiger partial charge in [0.15, 0.2) is 6.10 Å². The predicted octanol–water partition coefficient (Wildman–Crippen LogP) is 12.4. The van der Waals surface area contributed by atoms with E-state index in [-0.39, 0.29) is 32.0 Å². The number of nitrogens with one attached hydrogen (secondary N) is 1. The van der Waals surface area contributed by atoms with Crippen LogP contribution in [-0.4, -0.2) is 56.3 Å². The molecule has 0 saturated carbocycles. The quantitative estimate of drug-likeness (QED) is 0.0270. The fourth-order valence-corrected chi connectivity index (χ4v) is 6.62. The molecule has 0 aromatic carbocycles. The molecule has 316 valence electrons. The van der Waals surface area contributed by atoms with Crippen molar-refractivity contribution < 1.29 is 37.6 Å². The molecule has 0 aliphatic carbocycles. The number of allylic oxidation sites excluding steroid dienone is 6. The number of esters is 2. The molecular formula is C44H82NO8P. The summed E-state index contributed by atoms with van der Waals surface area (Å²) in [5.74, 6) is -0.826. The number of carbonyl (C=O) groups is 2. The molecule has 0 heterocycles. The minimum atomic E-state index is -4.35. The number of likely N-dealkylation sites (N-methyl/N-ethyl adjacent to an activating group) is 1. The van der Waals surface area contributed by atoms with E-state index in [1.54, 1.807) is 7.05 Å². The fourth-order valence-electron chi connectivity index (χ4n) is 5.87. The predicted molar refractivity (Wildman–Crippen MR) is 225 cm³/mol. The summed E-state index contributed by atoms with van der Waals surface area (Å²) in [6.45, 7) is 4.18. The van der Waals surface area contributed by atoms with Crippen LogP contribution in [0.2, 0.25) is 0 Å². The van der Waals surface area contributed by atoms with Crippen molar-refractivity contribution >= 4 is 19.8 Å². The van der Waals surface area contributed by atoms with Gasteiger partial charge in [-0.3, -0.25) is 18.6 Å².